The third kappa shape index (κ3) is 4.45. The van der Waals surface area contributed by atoms with E-state index < -0.39 is 11.6 Å². The highest BCUT2D eigenvalue weighted by Crippen LogP contribution is 2.41. The van der Waals surface area contributed by atoms with Crippen LogP contribution in [0.2, 0.25) is 0 Å². The lowest BCUT2D eigenvalue weighted by Crippen LogP contribution is -2.25. The second kappa shape index (κ2) is 7.82. The van der Waals surface area contributed by atoms with Crippen LogP contribution in [0, 0.1) is 0 Å². The number of rotatable bonds is 7. The topological polar surface area (TPSA) is 112 Å². The number of fused-ring (bicyclic) bond motifs is 3. The van der Waals surface area contributed by atoms with Gasteiger partial charge in [0.2, 0.25) is 0 Å². The molecule has 0 atom stereocenters. The van der Waals surface area contributed by atoms with E-state index in [1.807, 2.05) is 20.0 Å². The van der Waals surface area contributed by atoms with E-state index in [0.29, 0.717) is 24.8 Å². The zero-order chi connectivity index (χ0) is 23.4. The van der Waals surface area contributed by atoms with Crippen molar-refractivity contribution < 1.29 is 15.0 Å². The van der Waals surface area contributed by atoms with E-state index in [0.717, 1.165) is 65.0 Å². The molecule has 0 amide bonds. The zero-order valence-corrected chi connectivity index (χ0v) is 19.2. The molecule has 33 heavy (non-hydrogen) atoms. The second-order valence-electron chi connectivity index (χ2n) is 10.4. The Morgan fingerprint density at radius 3 is 2.58 bits per heavy atom. The van der Waals surface area contributed by atoms with Gasteiger partial charge in [0.1, 0.15) is 0 Å². The molecular weight excluding hydrogens is 414 g/mol. The first-order valence-corrected chi connectivity index (χ1v) is 11.7. The number of pyridine rings is 1. The van der Waals surface area contributed by atoms with E-state index in [1.54, 1.807) is 0 Å². The maximum Gasteiger partial charge on any atom is 0.337 e. The van der Waals surface area contributed by atoms with Gasteiger partial charge in [-0.1, -0.05) is 24.3 Å². The van der Waals surface area contributed by atoms with Crippen molar-refractivity contribution >= 4 is 5.97 Å². The third-order valence-electron chi connectivity index (χ3n) is 6.99. The van der Waals surface area contributed by atoms with Crippen molar-refractivity contribution in [1.29, 1.82) is 0 Å². The average molecular weight is 446 g/mol. The van der Waals surface area contributed by atoms with Crippen molar-refractivity contribution in [2.45, 2.75) is 69.9 Å². The SMILES string of the molecule is CC(C)(O)CCc1ccc(-c2cc3c(cn2)CCc2c-3[nH]c(CC3(N)CC3)c2C(=O)O)cc1. The van der Waals surface area contributed by atoms with Gasteiger partial charge in [-0.3, -0.25) is 4.98 Å². The summed E-state index contributed by atoms with van der Waals surface area (Å²) in [5, 5.41) is 19.9. The molecule has 0 saturated heterocycles. The molecule has 0 unspecified atom stereocenters. The summed E-state index contributed by atoms with van der Waals surface area (Å²) in [6.45, 7) is 3.65. The van der Waals surface area contributed by atoms with Crippen LogP contribution in [0.4, 0.5) is 0 Å². The van der Waals surface area contributed by atoms with Crippen LogP contribution in [0.25, 0.3) is 22.5 Å². The van der Waals surface area contributed by atoms with E-state index in [2.05, 4.69) is 35.3 Å². The number of aromatic nitrogens is 2. The van der Waals surface area contributed by atoms with Crippen LogP contribution >= 0.6 is 0 Å². The lowest BCUT2D eigenvalue weighted by atomic mass is 9.88. The van der Waals surface area contributed by atoms with Gasteiger partial charge in [0.05, 0.1) is 22.6 Å². The Morgan fingerprint density at radius 2 is 1.94 bits per heavy atom. The molecule has 1 aromatic carbocycles. The molecule has 0 bridgehead atoms. The Hall–Kier alpha value is -2.96. The fourth-order valence-corrected chi connectivity index (χ4v) is 4.78. The molecular formula is C27H31N3O3. The molecule has 2 aromatic heterocycles. The largest absolute Gasteiger partial charge is 0.478 e. The Balaban J connectivity index is 1.48. The number of aromatic amines is 1. The first-order valence-electron chi connectivity index (χ1n) is 11.7. The number of nitrogens with one attached hydrogen (secondary N) is 1. The quantitative estimate of drug-likeness (QED) is 0.434. The summed E-state index contributed by atoms with van der Waals surface area (Å²) in [6.07, 6.45) is 7.35. The highest BCUT2D eigenvalue weighted by atomic mass is 16.4. The Bertz CT molecular complexity index is 1210. The summed E-state index contributed by atoms with van der Waals surface area (Å²) in [7, 11) is 0. The second-order valence-corrected chi connectivity index (χ2v) is 10.4. The van der Waals surface area contributed by atoms with Crippen molar-refractivity contribution in [3.05, 3.63) is 64.5 Å². The summed E-state index contributed by atoms with van der Waals surface area (Å²) < 4.78 is 0. The highest BCUT2D eigenvalue weighted by molar-refractivity contribution is 5.95. The van der Waals surface area contributed by atoms with Gasteiger partial charge in [-0.05, 0) is 75.1 Å². The van der Waals surface area contributed by atoms with E-state index in [-0.39, 0.29) is 5.54 Å². The molecule has 0 radical (unpaired) electrons. The predicted octanol–water partition coefficient (Wildman–Crippen LogP) is 4.28. The van der Waals surface area contributed by atoms with E-state index in [4.69, 9.17) is 10.7 Å². The van der Waals surface area contributed by atoms with Gasteiger partial charge in [-0.2, -0.15) is 0 Å². The molecule has 0 spiro atoms. The first-order chi connectivity index (χ1) is 15.6. The van der Waals surface area contributed by atoms with Gasteiger partial charge >= 0.3 is 5.97 Å². The Morgan fingerprint density at radius 1 is 1.21 bits per heavy atom. The third-order valence-corrected chi connectivity index (χ3v) is 6.99. The number of aliphatic hydroxyl groups is 1. The first kappa shape index (κ1) is 21.9. The maximum absolute atomic E-state index is 12.1. The Labute approximate surface area is 193 Å². The summed E-state index contributed by atoms with van der Waals surface area (Å²) in [5.41, 5.74) is 13.5. The van der Waals surface area contributed by atoms with E-state index in [9.17, 15) is 15.0 Å². The number of aryl methyl sites for hydroxylation is 2. The summed E-state index contributed by atoms with van der Waals surface area (Å²) in [6, 6.07) is 10.4. The fourth-order valence-electron chi connectivity index (χ4n) is 4.78. The van der Waals surface area contributed by atoms with E-state index in [1.165, 1.54) is 5.56 Å². The molecule has 1 fully saturated rings. The monoisotopic (exact) mass is 445 g/mol. The van der Waals surface area contributed by atoms with Crippen LogP contribution in [0.5, 0.6) is 0 Å². The molecule has 3 aromatic rings. The van der Waals surface area contributed by atoms with Crippen LogP contribution in [0.3, 0.4) is 0 Å². The summed E-state index contributed by atoms with van der Waals surface area (Å²) >= 11 is 0. The number of benzene rings is 1. The standard InChI is InChI=1S/C27H31N3O3/c1-26(2,33)10-9-16-3-5-17(6-4-16)21-13-20-18(15-29-21)7-8-19-23(25(31)32)22(30-24(19)20)14-27(28)11-12-27/h3-6,13,15,30,33H,7-12,14,28H2,1-2H3,(H,31,32). The smallest absolute Gasteiger partial charge is 0.337 e. The van der Waals surface area contributed by atoms with Gasteiger partial charge in [0.15, 0.2) is 0 Å². The zero-order valence-electron chi connectivity index (χ0n) is 19.2. The molecule has 5 rings (SSSR count). The Kier molecular flexibility index (Phi) is 5.18. The average Bonchev–Trinajstić information content (AvgIpc) is 3.37. The van der Waals surface area contributed by atoms with Gasteiger partial charge in [-0.15, -0.1) is 0 Å². The van der Waals surface area contributed by atoms with Gasteiger partial charge in [0.25, 0.3) is 0 Å². The molecule has 2 heterocycles. The molecule has 2 aliphatic rings. The van der Waals surface area contributed by atoms with Crippen molar-refractivity contribution in [2.24, 2.45) is 5.73 Å². The van der Waals surface area contributed by atoms with Crippen molar-refractivity contribution in [2.75, 3.05) is 0 Å². The molecule has 5 N–H and O–H groups in total. The van der Waals surface area contributed by atoms with Crippen molar-refractivity contribution in [3.8, 4) is 22.5 Å². The van der Waals surface area contributed by atoms with Crippen molar-refractivity contribution in [1.82, 2.24) is 9.97 Å². The lowest BCUT2D eigenvalue weighted by molar-refractivity contribution is 0.0691. The van der Waals surface area contributed by atoms with Crippen LogP contribution in [-0.4, -0.2) is 37.3 Å². The minimum atomic E-state index is -0.883. The number of carboxylic acids is 1. The summed E-state index contributed by atoms with van der Waals surface area (Å²) in [4.78, 5) is 20.3. The van der Waals surface area contributed by atoms with Crippen molar-refractivity contribution in [3.63, 3.8) is 0 Å². The number of H-pyrrole nitrogens is 1. The molecule has 0 aliphatic heterocycles. The van der Waals surface area contributed by atoms with Crippen LogP contribution < -0.4 is 5.73 Å². The fraction of sp³-hybridized carbons (Fsp3) is 0.407. The maximum atomic E-state index is 12.1. The number of carboxylic acid groups (broad SMARTS) is 1. The molecule has 2 aliphatic carbocycles. The van der Waals surface area contributed by atoms with Crippen LogP contribution in [-0.2, 0) is 25.7 Å². The van der Waals surface area contributed by atoms with E-state index >= 15 is 0 Å². The number of carbonyl (C=O) groups is 1. The summed E-state index contributed by atoms with van der Waals surface area (Å²) in [5.74, 6) is -0.883. The van der Waals surface area contributed by atoms with Crippen LogP contribution in [0.15, 0.2) is 36.5 Å². The van der Waals surface area contributed by atoms with Crippen LogP contribution in [0.1, 0.15) is 65.9 Å². The highest BCUT2D eigenvalue weighted by Gasteiger charge is 2.40. The number of nitrogens with two attached hydrogens (primary N) is 1. The van der Waals surface area contributed by atoms with Gasteiger partial charge in [0, 0.05) is 35.0 Å². The van der Waals surface area contributed by atoms with Gasteiger partial charge < -0.3 is 20.9 Å². The molecule has 172 valence electrons. The number of nitrogens with zero attached hydrogens (tertiary/aromatic N) is 1. The predicted molar refractivity (Wildman–Crippen MR) is 128 cm³/mol. The minimum Gasteiger partial charge on any atom is -0.478 e. The minimum absolute atomic E-state index is 0.267. The number of hydrogen-bond donors (Lipinski definition) is 4. The van der Waals surface area contributed by atoms with Gasteiger partial charge in [-0.25, -0.2) is 4.79 Å². The molecule has 1 saturated carbocycles. The number of aromatic carboxylic acids is 1. The molecule has 6 heteroatoms. The normalized spacial score (nSPS) is 16.2. The number of hydrogen-bond acceptors (Lipinski definition) is 4. The molecule has 6 nitrogen and oxygen atoms in total. The lowest BCUT2D eigenvalue weighted by Gasteiger charge is -2.18.